The van der Waals surface area contributed by atoms with Gasteiger partial charge >= 0.3 is 0 Å². The lowest BCUT2D eigenvalue weighted by molar-refractivity contribution is 0.290. The number of hydrogen-bond donors (Lipinski definition) is 0. The van der Waals surface area contributed by atoms with Crippen LogP contribution in [0.2, 0.25) is 0 Å². The number of ether oxygens (including phenoxy) is 3. The Labute approximate surface area is 114 Å². The summed E-state index contributed by atoms with van der Waals surface area (Å²) < 4.78 is 16.8. The molecule has 0 aliphatic heterocycles. The van der Waals surface area contributed by atoms with Crippen molar-refractivity contribution in [3.05, 3.63) is 30.3 Å². The van der Waals surface area contributed by atoms with Crippen LogP contribution in [0.3, 0.4) is 0 Å². The lowest BCUT2D eigenvalue weighted by atomic mass is 10.1. The Morgan fingerprint density at radius 3 is 2.26 bits per heavy atom. The van der Waals surface area contributed by atoms with Crippen LogP contribution in [0.25, 0.3) is 10.8 Å². The number of hydrogen-bond acceptors (Lipinski definition) is 3. The van der Waals surface area contributed by atoms with Crippen molar-refractivity contribution < 1.29 is 14.2 Å². The minimum atomic E-state index is 0.604. The van der Waals surface area contributed by atoms with Crippen molar-refractivity contribution in [1.82, 2.24) is 0 Å². The van der Waals surface area contributed by atoms with E-state index in [9.17, 15) is 0 Å². The maximum Gasteiger partial charge on any atom is 0.168 e. The Bertz CT molecular complexity index is 549. The third kappa shape index (κ3) is 2.92. The van der Waals surface area contributed by atoms with E-state index in [0.29, 0.717) is 19.8 Å². The molecule has 0 aromatic heterocycles. The first-order chi connectivity index (χ1) is 9.30. The second kappa shape index (κ2) is 6.32. The van der Waals surface area contributed by atoms with Crippen molar-refractivity contribution in [3.8, 4) is 17.2 Å². The van der Waals surface area contributed by atoms with Gasteiger partial charge in [-0.2, -0.15) is 0 Å². The predicted molar refractivity (Wildman–Crippen MR) is 76.3 cm³/mol. The molecule has 3 nitrogen and oxygen atoms in total. The summed E-state index contributed by atoms with van der Waals surface area (Å²) in [6.07, 6.45) is 0. The molecule has 2 aromatic rings. The molecule has 19 heavy (non-hydrogen) atoms. The Morgan fingerprint density at radius 1 is 0.842 bits per heavy atom. The van der Waals surface area contributed by atoms with E-state index in [1.54, 1.807) is 0 Å². The van der Waals surface area contributed by atoms with Crippen LogP contribution in [-0.4, -0.2) is 19.8 Å². The van der Waals surface area contributed by atoms with Gasteiger partial charge in [0.15, 0.2) is 11.5 Å². The average Bonchev–Trinajstić information content (AvgIpc) is 2.42. The second-order valence-electron chi connectivity index (χ2n) is 3.98. The van der Waals surface area contributed by atoms with Crippen molar-refractivity contribution >= 4 is 10.8 Å². The van der Waals surface area contributed by atoms with E-state index in [0.717, 1.165) is 28.0 Å². The maximum atomic E-state index is 5.72. The maximum absolute atomic E-state index is 5.72. The third-order valence-corrected chi connectivity index (χ3v) is 2.71. The molecule has 0 unspecified atom stereocenters. The monoisotopic (exact) mass is 259 g/mol. The van der Waals surface area contributed by atoms with Gasteiger partial charge in [-0.1, -0.05) is 0 Å². The van der Waals surface area contributed by atoms with E-state index in [1.807, 2.05) is 45.0 Å². The number of fused-ring (bicyclic) bond motifs is 1. The van der Waals surface area contributed by atoms with Crippen LogP contribution in [0.15, 0.2) is 24.3 Å². The quantitative estimate of drug-likeness (QED) is 0.789. The zero-order valence-electron chi connectivity index (χ0n) is 11.7. The molecule has 0 amide bonds. The van der Waals surface area contributed by atoms with Crippen molar-refractivity contribution in [1.29, 1.82) is 0 Å². The second-order valence-corrected chi connectivity index (χ2v) is 3.98. The summed E-state index contributed by atoms with van der Waals surface area (Å²) in [5.41, 5.74) is 0. The minimum Gasteiger partial charge on any atom is -0.493 e. The average molecular weight is 259 g/mol. The molecular formula is C16H19O3. The fourth-order valence-electron chi connectivity index (χ4n) is 1.99. The smallest absolute Gasteiger partial charge is 0.168 e. The molecule has 0 atom stereocenters. The van der Waals surface area contributed by atoms with E-state index in [-0.39, 0.29) is 0 Å². The molecule has 101 valence electrons. The van der Waals surface area contributed by atoms with Gasteiger partial charge in [0.05, 0.1) is 19.8 Å². The van der Waals surface area contributed by atoms with E-state index in [4.69, 9.17) is 14.2 Å². The van der Waals surface area contributed by atoms with Gasteiger partial charge in [-0.05, 0) is 50.4 Å². The van der Waals surface area contributed by atoms with Gasteiger partial charge in [0.1, 0.15) is 5.75 Å². The highest BCUT2D eigenvalue weighted by atomic mass is 16.5. The van der Waals surface area contributed by atoms with E-state index in [1.165, 1.54) is 0 Å². The van der Waals surface area contributed by atoms with Crippen LogP contribution in [0.5, 0.6) is 17.2 Å². The van der Waals surface area contributed by atoms with Gasteiger partial charge in [-0.15, -0.1) is 0 Å². The molecular weight excluding hydrogens is 240 g/mol. The zero-order valence-corrected chi connectivity index (χ0v) is 11.7. The van der Waals surface area contributed by atoms with Crippen LogP contribution in [0.4, 0.5) is 0 Å². The van der Waals surface area contributed by atoms with Gasteiger partial charge in [-0.25, -0.2) is 0 Å². The molecule has 0 aliphatic rings. The van der Waals surface area contributed by atoms with Gasteiger partial charge < -0.3 is 14.2 Å². The lowest BCUT2D eigenvalue weighted by Crippen LogP contribution is -1.99. The molecule has 0 spiro atoms. The molecule has 0 bridgehead atoms. The molecule has 0 heterocycles. The molecule has 0 fully saturated rings. The number of benzene rings is 2. The third-order valence-electron chi connectivity index (χ3n) is 2.71. The van der Waals surface area contributed by atoms with Crippen molar-refractivity contribution in [2.45, 2.75) is 20.8 Å². The van der Waals surface area contributed by atoms with Crippen LogP contribution >= 0.6 is 0 Å². The van der Waals surface area contributed by atoms with Crippen LogP contribution in [0, 0.1) is 6.07 Å². The van der Waals surface area contributed by atoms with Crippen LogP contribution < -0.4 is 14.2 Å². The summed E-state index contributed by atoms with van der Waals surface area (Å²) in [6, 6.07) is 11.0. The Balaban J connectivity index is 2.51. The van der Waals surface area contributed by atoms with E-state index >= 15 is 0 Å². The summed E-state index contributed by atoms with van der Waals surface area (Å²) in [6.45, 7) is 7.75. The fourth-order valence-corrected chi connectivity index (χ4v) is 1.99. The Morgan fingerprint density at radius 2 is 1.58 bits per heavy atom. The van der Waals surface area contributed by atoms with E-state index < -0.39 is 0 Å². The van der Waals surface area contributed by atoms with Crippen LogP contribution in [0.1, 0.15) is 20.8 Å². The number of rotatable bonds is 6. The first-order valence-electron chi connectivity index (χ1n) is 6.67. The van der Waals surface area contributed by atoms with Gasteiger partial charge in [0.25, 0.3) is 0 Å². The van der Waals surface area contributed by atoms with Crippen molar-refractivity contribution in [3.63, 3.8) is 0 Å². The molecule has 0 saturated heterocycles. The minimum absolute atomic E-state index is 0.604. The van der Waals surface area contributed by atoms with Crippen molar-refractivity contribution in [2.75, 3.05) is 19.8 Å². The summed E-state index contributed by atoms with van der Waals surface area (Å²) in [4.78, 5) is 0. The standard InChI is InChI=1S/C16H19O3/c1-4-17-13-8-9-14-12(11-13)7-10-15(18-5-2)16(14)19-6-3/h7-10H,4-6H2,1-3H3. The molecule has 0 saturated carbocycles. The summed E-state index contributed by atoms with van der Waals surface area (Å²) in [5, 5.41) is 1.97. The molecule has 0 aliphatic carbocycles. The summed E-state index contributed by atoms with van der Waals surface area (Å²) in [7, 11) is 0. The molecule has 3 heteroatoms. The Kier molecular flexibility index (Phi) is 4.50. The normalized spacial score (nSPS) is 10.5. The summed E-state index contributed by atoms with van der Waals surface area (Å²) in [5.74, 6) is 2.30. The zero-order chi connectivity index (χ0) is 13.7. The molecule has 2 rings (SSSR count). The van der Waals surface area contributed by atoms with Gasteiger partial charge in [0, 0.05) is 11.5 Å². The van der Waals surface area contributed by atoms with E-state index in [2.05, 4.69) is 6.07 Å². The topological polar surface area (TPSA) is 27.7 Å². The Hall–Kier alpha value is -1.90. The highest BCUT2D eigenvalue weighted by Crippen LogP contribution is 2.37. The fraction of sp³-hybridized carbons (Fsp3) is 0.375. The first kappa shape index (κ1) is 13.5. The highest BCUT2D eigenvalue weighted by Gasteiger charge is 2.10. The first-order valence-corrected chi connectivity index (χ1v) is 6.67. The SMILES string of the molecule is CCOc1[c]c2ccc(OCC)c(OCC)c2cc1. The predicted octanol–water partition coefficient (Wildman–Crippen LogP) is 3.84. The summed E-state index contributed by atoms with van der Waals surface area (Å²) >= 11 is 0. The lowest BCUT2D eigenvalue weighted by Gasteiger charge is -2.14. The molecule has 0 N–H and O–H groups in total. The molecule has 2 aromatic carbocycles. The molecule has 1 radical (unpaired) electrons. The van der Waals surface area contributed by atoms with Crippen molar-refractivity contribution in [2.24, 2.45) is 0 Å². The van der Waals surface area contributed by atoms with Gasteiger partial charge in [-0.3, -0.25) is 0 Å². The van der Waals surface area contributed by atoms with Gasteiger partial charge in [0.2, 0.25) is 0 Å². The largest absolute Gasteiger partial charge is 0.493 e. The van der Waals surface area contributed by atoms with Crippen LogP contribution in [-0.2, 0) is 0 Å². The highest BCUT2D eigenvalue weighted by molar-refractivity contribution is 5.91.